The van der Waals surface area contributed by atoms with Crippen LogP contribution in [0.2, 0.25) is 5.28 Å². The minimum atomic E-state index is -0.310. The third-order valence-electron chi connectivity index (χ3n) is 6.25. The first-order chi connectivity index (χ1) is 10.1. The zero-order valence-electron chi connectivity index (χ0n) is 11.7. The number of nitrogens with one attached hydrogen (secondary N) is 1. The van der Waals surface area contributed by atoms with Crippen LogP contribution in [-0.4, -0.2) is 20.6 Å². The first-order valence-electron chi connectivity index (χ1n) is 7.56. The van der Waals surface area contributed by atoms with Crippen molar-refractivity contribution in [3.63, 3.8) is 0 Å². The average Bonchev–Trinajstić information content (AvgIpc) is 2.75. The maximum atomic E-state index is 14.0. The summed E-state index contributed by atoms with van der Waals surface area (Å²) in [6.45, 7) is 2.37. The molecule has 0 saturated heterocycles. The molecule has 4 nitrogen and oxygen atoms in total. The number of halogens is 2. The topological polar surface area (TPSA) is 42.2 Å². The summed E-state index contributed by atoms with van der Waals surface area (Å²) >= 11 is 5.97. The van der Waals surface area contributed by atoms with Gasteiger partial charge in [0.1, 0.15) is 5.52 Å². The van der Waals surface area contributed by atoms with E-state index in [1.54, 1.807) is 6.20 Å². The lowest BCUT2D eigenvalue weighted by Gasteiger charge is -2.35. The molecule has 6 heteroatoms. The van der Waals surface area contributed by atoms with Crippen molar-refractivity contribution in [1.82, 2.24) is 14.6 Å². The fraction of sp³-hybridized carbons (Fsp3) is 0.600. The van der Waals surface area contributed by atoms with E-state index in [0.29, 0.717) is 28.7 Å². The molecule has 4 aliphatic rings. The molecular weight excluding hydrogens is 291 g/mol. The lowest BCUT2D eigenvalue weighted by atomic mass is 9.78. The van der Waals surface area contributed by atoms with Crippen LogP contribution in [-0.2, 0) is 0 Å². The van der Waals surface area contributed by atoms with Crippen molar-refractivity contribution in [2.24, 2.45) is 23.2 Å². The second-order valence-electron chi connectivity index (χ2n) is 6.96. The molecule has 0 radical (unpaired) electrons. The van der Waals surface area contributed by atoms with Crippen LogP contribution in [0, 0.1) is 29.0 Å². The normalized spacial score (nSPS) is 39.8. The third-order valence-corrected chi connectivity index (χ3v) is 6.41. The summed E-state index contributed by atoms with van der Waals surface area (Å²) in [4.78, 5) is 4.25. The quantitative estimate of drug-likeness (QED) is 0.925. The number of anilines is 1. The first kappa shape index (κ1) is 12.2. The monoisotopic (exact) mass is 306 g/mol. The molecule has 0 aromatic carbocycles. The van der Waals surface area contributed by atoms with Crippen LogP contribution in [0.1, 0.15) is 26.2 Å². The maximum absolute atomic E-state index is 14.0. The number of rotatable bonds is 2. The van der Waals surface area contributed by atoms with E-state index < -0.39 is 0 Å². The fourth-order valence-electron chi connectivity index (χ4n) is 5.24. The molecule has 0 spiro atoms. The lowest BCUT2D eigenvalue weighted by Crippen LogP contribution is -2.38. The van der Waals surface area contributed by atoms with Crippen molar-refractivity contribution in [3.05, 3.63) is 23.4 Å². The summed E-state index contributed by atoms with van der Waals surface area (Å²) in [5, 5.41) is 7.68. The van der Waals surface area contributed by atoms with Gasteiger partial charge in [0.2, 0.25) is 5.28 Å². The molecule has 0 aliphatic heterocycles. The largest absolute Gasteiger partial charge is 0.365 e. The van der Waals surface area contributed by atoms with Crippen molar-refractivity contribution >= 4 is 22.9 Å². The first-order valence-corrected chi connectivity index (χ1v) is 7.93. The average molecular weight is 307 g/mol. The predicted octanol–water partition coefficient (Wildman–Crippen LogP) is 3.37. The van der Waals surface area contributed by atoms with Gasteiger partial charge in [-0.3, -0.25) is 0 Å². The highest BCUT2D eigenvalue weighted by molar-refractivity contribution is 6.28. The van der Waals surface area contributed by atoms with E-state index in [-0.39, 0.29) is 11.1 Å². The zero-order chi connectivity index (χ0) is 14.4. The molecule has 0 amide bonds. The van der Waals surface area contributed by atoms with E-state index in [2.05, 4.69) is 22.3 Å². The van der Waals surface area contributed by atoms with E-state index in [4.69, 9.17) is 11.6 Å². The van der Waals surface area contributed by atoms with Crippen molar-refractivity contribution in [2.75, 3.05) is 5.32 Å². The Morgan fingerprint density at radius 1 is 1.43 bits per heavy atom. The summed E-state index contributed by atoms with van der Waals surface area (Å²) in [6, 6.07) is 1.78. The predicted molar refractivity (Wildman–Crippen MR) is 77.8 cm³/mol. The molecule has 2 heterocycles. The van der Waals surface area contributed by atoms with Crippen LogP contribution in [0.25, 0.3) is 5.52 Å². The standard InChI is InChI=1S/C15H16ClFN4/c1-15-8-3-2-7(6-9(8)15)12(15)18-13-11-10(17)4-5-21(11)20-14(16)19-13/h4-5,7-9,12H,2-3,6H2,1H3,(H,18,19,20)/t7?,8?,9?,12-,15+/m0/s1. The van der Waals surface area contributed by atoms with Crippen molar-refractivity contribution < 1.29 is 4.39 Å². The molecule has 6 rings (SSSR count). The number of hydrogen-bond donors (Lipinski definition) is 1. The van der Waals surface area contributed by atoms with Gasteiger partial charge in [0.25, 0.3) is 0 Å². The summed E-state index contributed by atoms with van der Waals surface area (Å²) in [5.74, 6) is 2.58. The molecule has 4 aliphatic carbocycles. The van der Waals surface area contributed by atoms with Crippen LogP contribution in [0.4, 0.5) is 10.2 Å². The smallest absolute Gasteiger partial charge is 0.243 e. The van der Waals surface area contributed by atoms with Gasteiger partial charge in [-0.2, -0.15) is 4.98 Å². The van der Waals surface area contributed by atoms with Crippen LogP contribution < -0.4 is 5.32 Å². The Balaban J connectivity index is 1.59. The Kier molecular flexibility index (Phi) is 2.15. The van der Waals surface area contributed by atoms with E-state index >= 15 is 0 Å². The van der Waals surface area contributed by atoms with Crippen molar-refractivity contribution in [1.29, 1.82) is 0 Å². The molecule has 1 N–H and O–H groups in total. The Morgan fingerprint density at radius 2 is 2.29 bits per heavy atom. The molecular formula is C15H16ClFN4. The van der Waals surface area contributed by atoms with Crippen LogP contribution >= 0.6 is 11.6 Å². The summed E-state index contributed by atoms with van der Waals surface area (Å²) < 4.78 is 15.5. The molecule has 2 aromatic heterocycles. The molecule has 110 valence electrons. The highest BCUT2D eigenvalue weighted by Gasteiger charge is 2.73. The Hall–Kier alpha value is -1.36. The molecule has 3 unspecified atom stereocenters. The molecule has 4 bridgehead atoms. The number of aromatic nitrogens is 3. The molecule has 4 fully saturated rings. The van der Waals surface area contributed by atoms with Gasteiger partial charge in [-0.25, -0.2) is 8.91 Å². The lowest BCUT2D eigenvalue weighted by molar-refractivity contribution is 0.250. The highest BCUT2D eigenvalue weighted by Crippen LogP contribution is 2.75. The van der Waals surface area contributed by atoms with E-state index in [1.165, 1.54) is 29.8 Å². The van der Waals surface area contributed by atoms with E-state index in [1.807, 2.05) is 0 Å². The van der Waals surface area contributed by atoms with Gasteiger partial charge in [0.05, 0.1) is 0 Å². The van der Waals surface area contributed by atoms with Gasteiger partial charge in [0.15, 0.2) is 11.6 Å². The maximum Gasteiger partial charge on any atom is 0.243 e. The third kappa shape index (κ3) is 1.40. The summed E-state index contributed by atoms with van der Waals surface area (Å²) in [6.07, 6.45) is 5.50. The van der Waals surface area contributed by atoms with Crippen LogP contribution in [0.5, 0.6) is 0 Å². The Labute approximate surface area is 126 Å². The molecule has 5 atom stereocenters. The van der Waals surface area contributed by atoms with Gasteiger partial charge >= 0.3 is 0 Å². The van der Waals surface area contributed by atoms with Crippen LogP contribution in [0.15, 0.2) is 12.3 Å². The molecule has 21 heavy (non-hydrogen) atoms. The minimum Gasteiger partial charge on any atom is -0.365 e. The Morgan fingerprint density at radius 3 is 3.00 bits per heavy atom. The zero-order valence-corrected chi connectivity index (χ0v) is 12.4. The fourth-order valence-corrected chi connectivity index (χ4v) is 5.41. The molecule has 4 saturated carbocycles. The van der Waals surface area contributed by atoms with E-state index in [0.717, 1.165) is 11.8 Å². The van der Waals surface area contributed by atoms with Gasteiger partial charge in [-0.05, 0) is 60.1 Å². The second kappa shape index (κ2) is 3.69. The van der Waals surface area contributed by atoms with Crippen LogP contribution in [0.3, 0.4) is 0 Å². The van der Waals surface area contributed by atoms with Crippen molar-refractivity contribution in [3.8, 4) is 0 Å². The highest BCUT2D eigenvalue weighted by atomic mass is 35.5. The number of hydrogen-bond acceptors (Lipinski definition) is 3. The second-order valence-corrected chi connectivity index (χ2v) is 7.30. The number of fused-ring (bicyclic) bond motifs is 2. The summed E-state index contributed by atoms with van der Waals surface area (Å²) in [7, 11) is 0. The number of nitrogens with zero attached hydrogens (tertiary/aromatic N) is 3. The SMILES string of the molecule is C[C@@]12C3CCC(CC31)[C@@H]2Nc1nc(Cl)nn2ccc(F)c12. The minimum absolute atomic E-state index is 0.140. The van der Waals surface area contributed by atoms with Gasteiger partial charge in [0, 0.05) is 12.2 Å². The van der Waals surface area contributed by atoms with Gasteiger partial charge in [-0.1, -0.05) is 6.92 Å². The van der Waals surface area contributed by atoms with E-state index in [9.17, 15) is 4.39 Å². The molecule has 2 aromatic rings. The van der Waals surface area contributed by atoms with Gasteiger partial charge in [-0.15, -0.1) is 5.10 Å². The van der Waals surface area contributed by atoms with Crippen molar-refractivity contribution in [2.45, 2.75) is 32.2 Å². The summed E-state index contributed by atoms with van der Waals surface area (Å²) in [5.41, 5.74) is 0.753. The Bertz CT molecular complexity index is 753. The van der Waals surface area contributed by atoms with Gasteiger partial charge < -0.3 is 5.32 Å².